The number of likely N-dealkylation sites (tertiary alicyclic amines) is 1. The van der Waals surface area contributed by atoms with E-state index >= 15 is 0 Å². The molecule has 0 spiro atoms. The van der Waals surface area contributed by atoms with E-state index in [1.165, 1.54) is 0 Å². The van der Waals surface area contributed by atoms with Gasteiger partial charge in [-0.2, -0.15) is 0 Å². The van der Waals surface area contributed by atoms with Crippen molar-refractivity contribution in [2.45, 2.75) is 38.6 Å². The summed E-state index contributed by atoms with van der Waals surface area (Å²) in [6.45, 7) is 2.68. The number of hydrogen-bond acceptors (Lipinski definition) is 5. The maximum Gasteiger partial charge on any atom is 0.276 e. The number of aromatic nitrogens is 4. The van der Waals surface area contributed by atoms with Crippen LogP contribution in [0.2, 0.25) is 0 Å². The van der Waals surface area contributed by atoms with Gasteiger partial charge in [-0.15, -0.1) is 0 Å². The van der Waals surface area contributed by atoms with Crippen LogP contribution in [0.1, 0.15) is 54.2 Å². The van der Waals surface area contributed by atoms with Crippen LogP contribution in [0.25, 0.3) is 5.78 Å². The quantitative estimate of drug-likeness (QED) is 0.740. The summed E-state index contributed by atoms with van der Waals surface area (Å²) in [4.78, 5) is 23.6. The maximum absolute atomic E-state index is 12.9. The van der Waals surface area contributed by atoms with Crippen LogP contribution in [0.4, 0.5) is 0 Å². The molecule has 0 aliphatic carbocycles. The van der Waals surface area contributed by atoms with Gasteiger partial charge in [0.2, 0.25) is 5.78 Å². The molecule has 0 saturated carbocycles. The number of imidazole rings is 1. The number of amides is 1. The van der Waals surface area contributed by atoms with Crippen LogP contribution in [-0.4, -0.2) is 36.9 Å². The van der Waals surface area contributed by atoms with E-state index in [9.17, 15) is 4.79 Å². The molecule has 124 valence electrons. The molecule has 7 nitrogen and oxygen atoms in total. The zero-order chi connectivity index (χ0) is 16.5. The van der Waals surface area contributed by atoms with Crippen molar-refractivity contribution in [2.24, 2.45) is 0 Å². The lowest BCUT2D eigenvalue weighted by molar-refractivity contribution is 0.0595. The Bertz CT molecular complexity index is 869. The zero-order valence-electron chi connectivity index (χ0n) is 13.6. The van der Waals surface area contributed by atoms with E-state index in [0.29, 0.717) is 18.0 Å². The number of carbonyl (C=O) groups excluding carboxylic acids is 1. The Morgan fingerprint density at radius 1 is 1.38 bits per heavy atom. The van der Waals surface area contributed by atoms with Gasteiger partial charge in [0.05, 0.1) is 11.7 Å². The van der Waals surface area contributed by atoms with Gasteiger partial charge in [0, 0.05) is 37.6 Å². The second-order valence-corrected chi connectivity index (χ2v) is 6.03. The zero-order valence-corrected chi connectivity index (χ0v) is 13.6. The topological polar surface area (TPSA) is 76.5 Å². The summed E-state index contributed by atoms with van der Waals surface area (Å²) < 4.78 is 7.05. The van der Waals surface area contributed by atoms with Crippen LogP contribution in [0.15, 0.2) is 35.2 Å². The van der Waals surface area contributed by atoms with E-state index < -0.39 is 0 Å². The summed E-state index contributed by atoms with van der Waals surface area (Å²) in [5, 5.41) is 3.93. The van der Waals surface area contributed by atoms with E-state index in [0.717, 1.165) is 37.1 Å². The molecule has 1 fully saturated rings. The monoisotopic (exact) mass is 325 g/mol. The Morgan fingerprint density at radius 3 is 3.12 bits per heavy atom. The molecule has 7 heteroatoms. The number of fused-ring (bicyclic) bond motifs is 1. The van der Waals surface area contributed by atoms with Gasteiger partial charge in [-0.3, -0.25) is 9.20 Å². The first-order valence-corrected chi connectivity index (χ1v) is 8.32. The van der Waals surface area contributed by atoms with Crippen LogP contribution >= 0.6 is 0 Å². The fourth-order valence-electron chi connectivity index (χ4n) is 3.21. The number of aryl methyl sites for hydroxylation is 1. The second-order valence-electron chi connectivity index (χ2n) is 6.03. The molecule has 4 rings (SSSR count). The Balaban J connectivity index is 1.65. The lowest BCUT2D eigenvalue weighted by Gasteiger charge is -2.34. The molecular formula is C17H19N5O2. The van der Waals surface area contributed by atoms with Gasteiger partial charge in [0.25, 0.3) is 5.91 Å². The number of piperidine rings is 1. The normalized spacial score (nSPS) is 18.2. The summed E-state index contributed by atoms with van der Waals surface area (Å²) in [6.07, 6.45) is 9.21. The van der Waals surface area contributed by atoms with Crippen LogP contribution in [-0.2, 0) is 6.42 Å². The number of nitrogens with zero attached hydrogens (tertiary/aromatic N) is 5. The molecule has 1 saturated heterocycles. The molecule has 0 aromatic carbocycles. The molecule has 1 aliphatic heterocycles. The van der Waals surface area contributed by atoms with Crippen molar-refractivity contribution < 1.29 is 9.32 Å². The second kappa shape index (κ2) is 6.07. The van der Waals surface area contributed by atoms with Gasteiger partial charge in [0.1, 0.15) is 5.76 Å². The van der Waals surface area contributed by atoms with Gasteiger partial charge in [-0.1, -0.05) is 12.1 Å². The number of hydrogen-bond donors (Lipinski definition) is 0. The van der Waals surface area contributed by atoms with Crippen molar-refractivity contribution in [3.8, 4) is 0 Å². The highest BCUT2D eigenvalue weighted by atomic mass is 16.5. The molecule has 3 aromatic rings. The molecule has 0 radical (unpaired) electrons. The Kier molecular flexibility index (Phi) is 3.76. The smallest absolute Gasteiger partial charge is 0.276 e. The maximum atomic E-state index is 12.9. The first-order chi connectivity index (χ1) is 11.8. The van der Waals surface area contributed by atoms with E-state index in [2.05, 4.69) is 15.1 Å². The van der Waals surface area contributed by atoms with E-state index in [4.69, 9.17) is 4.52 Å². The minimum Gasteiger partial charge on any atom is -0.361 e. The molecule has 1 aliphatic rings. The van der Waals surface area contributed by atoms with Crippen LogP contribution in [0.3, 0.4) is 0 Å². The van der Waals surface area contributed by atoms with Crippen molar-refractivity contribution in [1.82, 2.24) is 24.4 Å². The van der Waals surface area contributed by atoms with Crippen LogP contribution < -0.4 is 0 Å². The molecule has 1 atom stereocenters. The minimum atomic E-state index is -0.0897. The molecule has 24 heavy (non-hydrogen) atoms. The molecule has 3 aromatic heterocycles. The molecular weight excluding hydrogens is 306 g/mol. The Morgan fingerprint density at radius 2 is 2.29 bits per heavy atom. The lowest BCUT2D eigenvalue weighted by atomic mass is 9.98. The third-order valence-corrected chi connectivity index (χ3v) is 4.51. The third kappa shape index (κ3) is 2.55. The van der Waals surface area contributed by atoms with Crippen molar-refractivity contribution in [3.63, 3.8) is 0 Å². The van der Waals surface area contributed by atoms with Gasteiger partial charge in [0.15, 0.2) is 5.69 Å². The van der Waals surface area contributed by atoms with Gasteiger partial charge >= 0.3 is 0 Å². The van der Waals surface area contributed by atoms with Crippen molar-refractivity contribution >= 4 is 11.7 Å². The minimum absolute atomic E-state index is 0.0465. The largest absolute Gasteiger partial charge is 0.361 e. The highest BCUT2D eigenvalue weighted by Crippen LogP contribution is 2.31. The average Bonchev–Trinajstić information content (AvgIpc) is 3.29. The van der Waals surface area contributed by atoms with Crippen molar-refractivity contribution in [1.29, 1.82) is 0 Å². The van der Waals surface area contributed by atoms with E-state index in [-0.39, 0.29) is 11.9 Å². The van der Waals surface area contributed by atoms with Crippen LogP contribution in [0, 0.1) is 0 Å². The Labute approximate surface area is 139 Å². The first-order valence-electron chi connectivity index (χ1n) is 8.32. The van der Waals surface area contributed by atoms with Gasteiger partial charge < -0.3 is 9.42 Å². The highest BCUT2D eigenvalue weighted by Gasteiger charge is 2.31. The standard InChI is InChI=1S/C17H19N5O2/c1-2-12-11-14(20-24-12)16(23)22-8-4-3-5-15(22)13-6-9-21-10-7-18-17(21)19-13/h6-7,9-11,15H,2-5,8H2,1H3/t15-/m0/s1. The fraction of sp³-hybridized carbons (Fsp3) is 0.412. The van der Waals surface area contributed by atoms with Gasteiger partial charge in [-0.05, 0) is 25.3 Å². The summed E-state index contributed by atoms with van der Waals surface area (Å²) in [7, 11) is 0. The average molecular weight is 325 g/mol. The summed E-state index contributed by atoms with van der Waals surface area (Å²) in [5.41, 5.74) is 1.25. The van der Waals surface area contributed by atoms with Crippen LogP contribution in [0.5, 0.6) is 0 Å². The van der Waals surface area contributed by atoms with Crippen molar-refractivity contribution in [2.75, 3.05) is 6.54 Å². The molecule has 0 bridgehead atoms. The first kappa shape index (κ1) is 14.9. The van der Waals surface area contributed by atoms with Gasteiger partial charge in [-0.25, -0.2) is 9.97 Å². The Hall–Kier alpha value is -2.70. The summed E-state index contributed by atoms with van der Waals surface area (Å²) in [5.74, 6) is 1.29. The van der Waals surface area contributed by atoms with Crippen molar-refractivity contribution in [3.05, 3.63) is 47.9 Å². The molecule has 1 amide bonds. The predicted octanol–water partition coefficient (Wildman–Crippen LogP) is 2.65. The number of rotatable bonds is 3. The number of carbonyl (C=O) groups is 1. The molecule has 4 heterocycles. The third-order valence-electron chi connectivity index (χ3n) is 4.51. The van der Waals surface area contributed by atoms with E-state index in [1.54, 1.807) is 12.3 Å². The SMILES string of the molecule is CCc1cc(C(=O)N2CCCC[C@H]2c2ccn3ccnc3n2)no1. The predicted molar refractivity (Wildman–Crippen MR) is 86.5 cm³/mol. The summed E-state index contributed by atoms with van der Waals surface area (Å²) >= 11 is 0. The van der Waals surface area contributed by atoms with E-state index in [1.807, 2.05) is 34.7 Å². The lowest BCUT2D eigenvalue weighted by Crippen LogP contribution is -2.39. The molecule has 0 unspecified atom stereocenters. The molecule has 0 N–H and O–H groups in total. The highest BCUT2D eigenvalue weighted by molar-refractivity contribution is 5.92. The summed E-state index contributed by atoms with van der Waals surface area (Å²) in [6, 6.07) is 3.65. The fourth-order valence-corrected chi connectivity index (χ4v) is 3.21.